The number of hydrogen-bond donors (Lipinski definition) is 1. The number of methoxy groups -OCH3 is 1. The molecule has 0 heterocycles. The van der Waals surface area contributed by atoms with E-state index in [2.05, 4.69) is 5.90 Å². The minimum Gasteiger partial charge on any atom is -0.497 e. The first-order valence-electron chi connectivity index (χ1n) is 5.00. The lowest BCUT2D eigenvalue weighted by Gasteiger charge is -2.04. The van der Waals surface area contributed by atoms with Gasteiger partial charge in [0.05, 0.1) is 7.11 Å². The molecular weight excluding hydrogens is 202 g/mol. The standard InChI is InChI=1S/C13H14NO2/c1-15-12-7-5-10(6-8-12)11-3-2-4-13(9-11)16-14/h2-9H,1,14H3/q+1. The number of ether oxygens (including phenoxy) is 1. The Labute approximate surface area is 94.4 Å². The molecule has 0 aromatic heterocycles. The van der Waals surface area contributed by atoms with Crippen LogP contribution in [-0.4, -0.2) is 7.11 Å². The van der Waals surface area contributed by atoms with E-state index in [0.717, 1.165) is 22.6 Å². The molecule has 2 rings (SSSR count). The first-order valence-corrected chi connectivity index (χ1v) is 5.00. The second-order valence-corrected chi connectivity index (χ2v) is 3.40. The maximum atomic E-state index is 5.12. The first kappa shape index (κ1) is 10.5. The Morgan fingerprint density at radius 2 is 1.62 bits per heavy atom. The Morgan fingerprint density at radius 1 is 0.875 bits per heavy atom. The summed E-state index contributed by atoms with van der Waals surface area (Å²) in [6.45, 7) is 0. The van der Waals surface area contributed by atoms with Crippen LogP contribution < -0.4 is 15.5 Å². The van der Waals surface area contributed by atoms with Crippen LogP contribution in [0, 0.1) is 0 Å². The van der Waals surface area contributed by atoms with Crippen molar-refractivity contribution in [1.82, 2.24) is 0 Å². The van der Waals surface area contributed by atoms with Gasteiger partial charge < -0.3 is 9.57 Å². The molecule has 0 fully saturated rings. The van der Waals surface area contributed by atoms with Crippen molar-refractivity contribution >= 4 is 0 Å². The molecule has 0 radical (unpaired) electrons. The van der Waals surface area contributed by atoms with E-state index in [4.69, 9.17) is 9.57 Å². The van der Waals surface area contributed by atoms with Crippen molar-refractivity contribution in [3.05, 3.63) is 48.5 Å². The number of benzene rings is 2. The highest BCUT2D eigenvalue weighted by Gasteiger charge is 2.00. The van der Waals surface area contributed by atoms with E-state index in [0.29, 0.717) is 0 Å². The van der Waals surface area contributed by atoms with E-state index < -0.39 is 0 Å². The monoisotopic (exact) mass is 216 g/mol. The molecule has 0 aliphatic rings. The highest BCUT2D eigenvalue weighted by molar-refractivity contribution is 5.65. The summed E-state index contributed by atoms with van der Waals surface area (Å²) in [4.78, 5) is 4.95. The molecule has 0 aliphatic carbocycles. The summed E-state index contributed by atoms with van der Waals surface area (Å²) in [5.74, 6) is 5.01. The zero-order valence-electron chi connectivity index (χ0n) is 9.14. The van der Waals surface area contributed by atoms with Gasteiger partial charge in [0, 0.05) is 0 Å². The summed E-state index contributed by atoms with van der Waals surface area (Å²) >= 11 is 0. The normalized spacial score (nSPS) is 9.88. The number of hydrogen-bond acceptors (Lipinski definition) is 2. The number of rotatable bonds is 3. The lowest BCUT2D eigenvalue weighted by atomic mass is 10.1. The molecule has 0 amide bonds. The summed E-state index contributed by atoms with van der Waals surface area (Å²) in [6, 6.07) is 15.7. The molecule has 82 valence electrons. The summed E-state index contributed by atoms with van der Waals surface area (Å²) in [7, 11) is 1.66. The third-order valence-electron chi connectivity index (χ3n) is 2.42. The predicted molar refractivity (Wildman–Crippen MR) is 61.9 cm³/mol. The summed E-state index contributed by atoms with van der Waals surface area (Å²) in [5.41, 5.74) is 2.23. The van der Waals surface area contributed by atoms with Gasteiger partial charge in [-0.2, -0.15) is 5.90 Å². The third-order valence-corrected chi connectivity index (χ3v) is 2.42. The smallest absolute Gasteiger partial charge is 0.190 e. The zero-order chi connectivity index (χ0) is 11.4. The predicted octanol–water partition coefficient (Wildman–Crippen LogP) is 1.90. The minimum absolute atomic E-state index is 0.758. The van der Waals surface area contributed by atoms with Crippen LogP contribution in [0.15, 0.2) is 48.5 Å². The van der Waals surface area contributed by atoms with E-state index in [1.54, 1.807) is 7.11 Å². The van der Waals surface area contributed by atoms with Gasteiger partial charge in [0.1, 0.15) is 5.75 Å². The summed E-state index contributed by atoms with van der Waals surface area (Å²) < 4.78 is 5.12. The van der Waals surface area contributed by atoms with Crippen LogP contribution in [0.25, 0.3) is 11.1 Å². The average Bonchev–Trinajstić information content (AvgIpc) is 2.39. The van der Waals surface area contributed by atoms with Gasteiger partial charge in [-0.3, -0.25) is 0 Å². The molecule has 0 saturated carbocycles. The minimum atomic E-state index is 0.758. The van der Waals surface area contributed by atoms with Crippen molar-refractivity contribution in [3.8, 4) is 22.6 Å². The van der Waals surface area contributed by atoms with Crippen LogP contribution in [0.5, 0.6) is 11.5 Å². The van der Waals surface area contributed by atoms with Crippen molar-refractivity contribution in [2.45, 2.75) is 0 Å². The molecule has 0 atom stereocenters. The average molecular weight is 216 g/mol. The van der Waals surface area contributed by atoms with Gasteiger partial charge in [0.2, 0.25) is 0 Å². The molecule has 16 heavy (non-hydrogen) atoms. The molecule has 2 aromatic carbocycles. The van der Waals surface area contributed by atoms with E-state index in [-0.39, 0.29) is 0 Å². The van der Waals surface area contributed by atoms with Gasteiger partial charge >= 0.3 is 0 Å². The van der Waals surface area contributed by atoms with E-state index in [9.17, 15) is 0 Å². The van der Waals surface area contributed by atoms with Crippen molar-refractivity contribution in [2.75, 3.05) is 7.11 Å². The van der Waals surface area contributed by atoms with Gasteiger partial charge in [-0.05, 0) is 35.4 Å². The summed E-state index contributed by atoms with van der Waals surface area (Å²) in [5, 5.41) is 0. The maximum absolute atomic E-state index is 5.12. The molecule has 0 spiro atoms. The van der Waals surface area contributed by atoms with Crippen molar-refractivity contribution in [3.63, 3.8) is 0 Å². The van der Waals surface area contributed by atoms with Crippen molar-refractivity contribution in [1.29, 1.82) is 0 Å². The fraction of sp³-hybridized carbons (Fsp3) is 0.0769. The molecule has 0 saturated heterocycles. The van der Waals surface area contributed by atoms with Gasteiger partial charge in [-0.1, -0.05) is 24.3 Å². The first-order chi connectivity index (χ1) is 7.83. The van der Waals surface area contributed by atoms with E-state index >= 15 is 0 Å². The molecule has 3 N–H and O–H groups in total. The Hall–Kier alpha value is -2.00. The second kappa shape index (κ2) is 4.68. The Balaban J connectivity index is 2.34. The lowest BCUT2D eigenvalue weighted by molar-refractivity contribution is -0.635. The van der Waals surface area contributed by atoms with Crippen LogP contribution in [0.4, 0.5) is 0 Å². The van der Waals surface area contributed by atoms with Crippen LogP contribution >= 0.6 is 0 Å². The van der Waals surface area contributed by atoms with Gasteiger partial charge in [0.15, 0.2) is 5.75 Å². The van der Waals surface area contributed by atoms with Crippen LogP contribution in [-0.2, 0) is 0 Å². The van der Waals surface area contributed by atoms with E-state index in [1.807, 2.05) is 48.5 Å². The molecule has 0 aliphatic heterocycles. The molecule has 3 heteroatoms. The largest absolute Gasteiger partial charge is 0.497 e. The van der Waals surface area contributed by atoms with Gasteiger partial charge in [-0.15, -0.1) is 0 Å². The Kier molecular flexibility index (Phi) is 3.08. The highest BCUT2D eigenvalue weighted by atomic mass is 16.6. The molecular formula is C13H14NO2+. The fourth-order valence-electron chi connectivity index (χ4n) is 1.55. The third kappa shape index (κ3) is 2.15. The van der Waals surface area contributed by atoms with Crippen molar-refractivity contribution < 1.29 is 15.5 Å². The Bertz CT molecular complexity index is 466. The zero-order valence-corrected chi connectivity index (χ0v) is 9.14. The lowest BCUT2D eigenvalue weighted by Crippen LogP contribution is -2.53. The maximum Gasteiger partial charge on any atom is 0.190 e. The fourth-order valence-corrected chi connectivity index (χ4v) is 1.55. The molecule has 0 bridgehead atoms. The SMILES string of the molecule is COc1ccc(-c2cccc(O[NH3+])c2)cc1. The van der Waals surface area contributed by atoms with Crippen LogP contribution in [0.2, 0.25) is 0 Å². The summed E-state index contributed by atoms with van der Waals surface area (Å²) in [6.07, 6.45) is 0. The van der Waals surface area contributed by atoms with Crippen LogP contribution in [0.1, 0.15) is 0 Å². The van der Waals surface area contributed by atoms with Gasteiger partial charge in [0.25, 0.3) is 0 Å². The molecule has 3 nitrogen and oxygen atoms in total. The quantitative estimate of drug-likeness (QED) is 0.796. The Morgan fingerprint density at radius 3 is 2.25 bits per heavy atom. The molecule has 2 aromatic rings. The van der Waals surface area contributed by atoms with Crippen LogP contribution in [0.3, 0.4) is 0 Å². The van der Waals surface area contributed by atoms with Gasteiger partial charge in [-0.25, -0.2) is 0 Å². The highest BCUT2D eigenvalue weighted by Crippen LogP contribution is 2.25. The topological polar surface area (TPSA) is 46.1 Å². The van der Waals surface area contributed by atoms with Crippen molar-refractivity contribution in [2.24, 2.45) is 0 Å². The van der Waals surface area contributed by atoms with E-state index in [1.165, 1.54) is 0 Å². The number of quaternary nitrogens is 1. The second-order valence-electron chi connectivity index (χ2n) is 3.40. The molecule has 0 unspecified atom stereocenters.